The molecular weight excluding hydrogens is 208 g/mol. The van der Waals surface area contributed by atoms with Gasteiger partial charge < -0.3 is 19.7 Å². The molecule has 1 rings (SSSR count). The van der Waals surface area contributed by atoms with Crippen LogP contribution in [0.15, 0.2) is 0 Å². The lowest BCUT2D eigenvalue weighted by Gasteiger charge is -2.15. The van der Waals surface area contributed by atoms with Crippen molar-refractivity contribution in [3.8, 4) is 0 Å². The Hall–Kier alpha value is -0.650. The van der Waals surface area contributed by atoms with E-state index in [1.165, 1.54) is 0 Å². The van der Waals surface area contributed by atoms with Gasteiger partial charge in [-0.05, 0) is 20.0 Å². The molecule has 1 N–H and O–H groups in total. The summed E-state index contributed by atoms with van der Waals surface area (Å²) in [4.78, 5) is 13.7. The highest BCUT2D eigenvalue weighted by atomic mass is 16.5. The number of hydrogen-bond acceptors (Lipinski definition) is 4. The summed E-state index contributed by atoms with van der Waals surface area (Å²) < 4.78 is 10.6. The molecule has 0 saturated carbocycles. The summed E-state index contributed by atoms with van der Waals surface area (Å²) in [7, 11) is 5.21. The zero-order chi connectivity index (χ0) is 12.0. The smallest absolute Gasteiger partial charge is 0.222 e. The Morgan fingerprint density at radius 3 is 2.31 bits per heavy atom. The Bertz CT molecular complexity index is 211. The van der Waals surface area contributed by atoms with Crippen LogP contribution in [0, 0.1) is 0 Å². The van der Waals surface area contributed by atoms with Crippen LogP contribution in [0.25, 0.3) is 0 Å². The SMILES string of the molecule is CNCCCC(=O)N1CC(OC)C(OC)C1. The number of likely N-dealkylation sites (tertiary alicyclic amines) is 1. The summed E-state index contributed by atoms with van der Waals surface area (Å²) in [6, 6.07) is 0. The predicted octanol–water partition coefficient (Wildman–Crippen LogP) is -0.142. The minimum Gasteiger partial charge on any atom is -0.377 e. The molecule has 1 saturated heterocycles. The van der Waals surface area contributed by atoms with Crippen LogP contribution >= 0.6 is 0 Å². The van der Waals surface area contributed by atoms with Crippen molar-refractivity contribution in [1.82, 2.24) is 10.2 Å². The van der Waals surface area contributed by atoms with Crippen LogP contribution in [0.4, 0.5) is 0 Å². The molecule has 0 radical (unpaired) electrons. The summed E-state index contributed by atoms with van der Waals surface area (Å²) in [6.07, 6.45) is 1.49. The van der Waals surface area contributed by atoms with E-state index < -0.39 is 0 Å². The first kappa shape index (κ1) is 13.4. The Morgan fingerprint density at radius 1 is 1.31 bits per heavy atom. The lowest BCUT2D eigenvalue weighted by atomic mass is 10.3. The molecule has 0 aromatic rings. The summed E-state index contributed by atoms with van der Waals surface area (Å²) >= 11 is 0. The van der Waals surface area contributed by atoms with Crippen molar-refractivity contribution in [3.05, 3.63) is 0 Å². The van der Waals surface area contributed by atoms with E-state index in [4.69, 9.17) is 9.47 Å². The van der Waals surface area contributed by atoms with Crippen LogP contribution in [0.3, 0.4) is 0 Å². The molecule has 5 heteroatoms. The topological polar surface area (TPSA) is 50.8 Å². The Labute approximate surface area is 97.1 Å². The molecule has 0 spiro atoms. The quantitative estimate of drug-likeness (QED) is 0.645. The van der Waals surface area contributed by atoms with Gasteiger partial charge in [-0.2, -0.15) is 0 Å². The van der Waals surface area contributed by atoms with Crippen LogP contribution in [-0.4, -0.2) is 63.9 Å². The number of amides is 1. The highest BCUT2D eigenvalue weighted by Gasteiger charge is 2.34. The van der Waals surface area contributed by atoms with Gasteiger partial charge in [0.15, 0.2) is 0 Å². The van der Waals surface area contributed by atoms with Crippen molar-refractivity contribution < 1.29 is 14.3 Å². The van der Waals surface area contributed by atoms with Gasteiger partial charge >= 0.3 is 0 Å². The van der Waals surface area contributed by atoms with Crippen LogP contribution in [0.5, 0.6) is 0 Å². The van der Waals surface area contributed by atoms with E-state index in [0.717, 1.165) is 13.0 Å². The van der Waals surface area contributed by atoms with Crippen LogP contribution in [0.2, 0.25) is 0 Å². The molecule has 1 aliphatic heterocycles. The number of nitrogens with one attached hydrogen (secondary N) is 1. The summed E-state index contributed by atoms with van der Waals surface area (Å²) in [6.45, 7) is 2.17. The third-order valence-electron chi connectivity index (χ3n) is 2.99. The summed E-state index contributed by atoms with van der Waals surface area (Å²) in [5.41, 5.74) is 0. The Kier molecular flexibility index (Phi) is 5.73. The second-order valence-corrected chi connectivity index (χ2v) is 4.05. The predicted molar refractivity (Wildman–Crippen MR) is 61.3 cm³/mol. The van der Waals surface area contributed by atoms with Crippen LogP contribution < -0.4 is 5.32 Å². The van der Waals surface area contributed by atoms with Gasteiger partial charge in [0, 0.05) is 33.7 Å². The van der Waals surface area contributed by atoms with Gasteiger partial charge in [-0.3, -0.25) is 4.79 Å². The van der Waals surface area contributed by atoms with Gasteiger partial charge in [-0.1, -0.05) is 0 Å². The van der Waals surface area contributed by atoms with Crippen molar-refractivity contribution in [2.24, 2.45) is 0 Å². The van der Waals surface area contributed by atoms with Crippen molar-refractivity contribution in [3.63, 3.8) is 0 Å². The molecule has 2 unspecified atom stereocenters. The molecular formula is C11H22N2O3. The molecule has 2 atom stereocenters. The minimum atomic E-state index is 0.0123. The Balaban J connectivity index is 2.35. The number of nitrogens with zero attached hydrogens (tertiary/aromatic N) is 1. The molecule has 5 nitrogen and oxygen atoms in total. The van der Waals surface area contributed by atoms with Gasteiger partial charge in [-0.15, -0.1) is 0 Å². The lowest BCUT2D eigenvalue weighted by Crippen LogP contribution is -2.30. The zero-order valence-electron chi connectivity index (χ0n) is 10.4. The summed E-state index contributed by atoms with van der Waals surface area (Å²) in [5.74, 6) is 0.192. The Morgan fingerprint density at radius 2 is 1.88 bits per heavy atom. The molecule has 0 bridgehead atoms. The number of methoxy groups -OCH3 is 2. The number of ether oxygens (including phenoxy) is 2. The van der Waals surface area contributed by atoms with Gasteiger partial charge in [-0.25, -0.2) is 0 Å². The molecule has 1 amide bonds. The van der Waals surface area contributed by atoms with Gasteiger partial charge in [0.25, 0.3) is 0 Å². The van der Waals surface area contributed by atoms with Crippen molar-refractivity contribution in [1.29, 1.82) is 0 Å². The van der Waals surface area contributed by atoms with E-state index in [2.05, 4.69) is 5.32 Å². The second kappa shape index (κ2) is 6.83. The monoisotopic (exact) mass is 230 g/mol. The van der Waals surface area contributed by atoms with Crippen molar-refractivity contribution in [2.75, 3.05) is 40.9 Å². The summed E-state index contributed by atoms with van der Waals surface area (Å²) in [5, 5.41) is 3.03. The third-order valence-corrected chi connectivity index (χ3v) is 2.99. The van der Waals surface area contributed by atoms with E-state index in [-0.39, 0.29) is 18.1 Å². The van der Waals surface area contributed by atoms with E-state index in [1.54, 1.807) is 14.2 Å². The maximum absolute atomic E-state index is 11.8. The van der Waals surface area contributed by atoms with Gasteiger partial charge in [0.2, 0.25) is 5.91 Å². The molecule has 16 heavy (non-hydrogen) atoms. The normalized spacial score (nSPS) is 25.1. The standard InChI is InChI=1S/C11H22N2O3/c1-12-6-4-5-11(14)13-7-9(15-2)10(8-13)16-3/h9-10,12H,4-8H2,1-3H3. The fourth-order valence-corrected chi connectivity index (χ4v) is 1.97. The van der Waals surface area contributed by atoms with Gasteiger partial charge in [0.05, 0.1) is 0 Å². The average Bonchev–Trinajstić information content (AvgIpc) is 2.72. The number of carbonyl (C=O) groups excluding carboxylic acids is 1. The third kappa shape index (κ3) is 3.43. The van der Waals surface area contributed by atoms with E-state index in [9.17, 15) is 4.79 Å². The lowest BCUT2D eigenvalue weighted by molar-refractivity contribution is -0.130. The maximum atomic E-state index is 11.8. The fourth-order valence-electron chi connectivity index (χ4n) is 1.97. The van der Waals surface area contributed by atoms with Crippen LogP contribution in [-0.2, 0) is 14.3 Å². The van der Waals surface area contributed by atoms with Crippen molar-refractivity contribution >= 4 is 5.91 Å². The second-order valence-electron chi connectivity index (χ2n) is 4.05. The van der Waals surface area contributed by atoms with E-state index >= 15 is 0 Å². The molecule has 94 valence electrons. The average molecular weight is 230 g/mol. The first-order valence-corrected chi connectivity index (χ1v) is 5.71. The number of carbonyl (C=O) groups is 1. The largest absolute Gasteiger partial charge is 0.377 e. The molecule has 0 aromatic heterocycles. The minimum absolute atomic E-state index is 0.0123. The first-order chi connectivity index (χ1) is 7.72. The number of rotatable bonds is 6. The van der Waals surface area contributed by atoms with E-state index in [0.29, 0.717) is 19.5 Å². The number of hydrogen-bond donors (Lipinski definition) is 1. The van der Waals surface area contributed by atoms with Crippen molar-refractivity contribution in [2.45, 2.75) is 25.0 Å². The van der Waals surface area contributed by atoms with E-state index in [1.807, 2.05) is 11.9 Å². The first-order valence-electron chi connectivity index (χ1n) is 5.71. The van der Waals surface area contributed by atoms with Crippen LogP contribution in [0.1, 0.15) is 12.8 Å². The molecule has 1 fully saturated rings. The fraction of sp³-hybridized carbons (Fsp3) is 0.909. The van der Waals surface area contributed by atoms with Gasteiger partial charge in [0.1, 0.15) is 12.2 Å². The molecule has 1 aliphatic rings. The molecule has 0 aromatic carbocycles. The highest BCUT2D eigenvalue weighted by molar-refractivity contribution is 5.76. The molecule has 1 heterocycles. The zero-order valence-corrected chi connectivity index (χ0v) is 10.4. The highest BCUT2D eigenvalue weighted by Crippen LogP contribution is 2.16. The molecule has 0 aliphatic carbocycles. The maximum Gasteiger partial charge on any atom is 0.222 e.